The molecule has 5 rings (SSSR count). The fourth-order valence-corrected chi connectivity index (χ4v) is 4.30. The summed E-state index contributed by atoms with van der Waals surface area (Å²) in [5, 5.41) is 5.42. The van der Waals surface area contributed by atoms with Gasteiger partial charge < -0.3 is 20.1 Å². The van der Waals surface area contributed by atoms with E-state index in [9.17, 15) is 19.2 Å². The Morgan fingerprint density at radius 1 is 0.738 bits per heavy atom. The van der Waals surface area contributed by atoms with Gasteiger partial charge in [-0.25, -0.2) is 9.69 Å². The monoisotopic (exact) mass is 581 g/mol. The third-order valence-corrected chi connectivity index (χ3v) is 6.52. The van der Waals surface area contributed by atoms with Crippen LogP contribution >= 0.6 is 11.6 Å². The van der Waals surface area contributed by atoms with Gasteiger partial charge in [-0.05, 0) is 91.9 Å². The third kappa shape index (κ3) is 6.16. The van der Waals surface area contributed by atoms with Crippen LogP contribution in [0.5, 0.6) is 11.5 Å². The average molecular weight is 582 g/mol. The van der Waals surface area contributed by atoms with Crippen LogP contribution in [0.25, 0.3) is 0 Å². The molecule has 0 aromatic heterocycles. The zero-order chi connectivity index (χ0) is 29.6. The molecule has 3 amide bonds. The number of para-hydroxylation sites is 1. The van der Waals surface area contributed by atoms with E-state index in [1.54, 1.807) is 55.5 Å². The van der Waals surface area contributed by atoms with Crippen molar-refractivity contribution in [3.63, 3.8) is 0 Å². The topological polar surface area (TPSA) is 114 Å². The van der Waals surface area contributed by atoms with E-state index in [4.69, 9.17) is 21.1 Å². The fraction of sp³-hybridized carbons (Fsp3) is 0.0625. The first-order valence-corrected chi connectivity index (χ1v) is 13.3. The number of hydrogen-bond donors (Lipinski definition) is 2. The van der Waals surface area contributed by atoms with Gasteiger partial charge in [-0.1, -0.05) is 29.8 Å². The molecule has 1 aliphatic rings. The molecule has 42 heavy (non-hydrogen) atoms. The van der Waals surface area contributed by atoms with Crippen LogP contribution in [0.4, 0.5) is 17.1 Å². The standard InChI is InChI=1S/C32H24ClN3O6/c1-2-41-32(40)21-10-16-24(17-11-21)36-30(38)27(33)28(31(36)39)34-22-12-8-20(9-13-22)29(37)35-23-14-18-26(19-15-23)42-25-6-4-3-5-7-25/h3-19,34H,2H2,1H3,(H,35,37). The lowest BCUT2D eigenvalue weighted by Crippen LogP contribution is -2.32. The van der Waals surface area contributed by atoms with Crippen molar-refractivity contribution in [1.29, 1.82) is 0 Å². The molecule has 0 aliphatic carbocycles. The number of imide groups is 1. The highest BCUT2D eigenvalue weighted by atomic mass is 35.5. The summed E-state index contributed by atoms with van der Waals surface area (Å²) in [4.78, 5) is 51.5. The van der Waals surface area contributed by atoms with Gasteiger partial charge in [-0.3, -0.25) is 14.4 Å². The summed E-state index contributed by atoms with van der Waals surface area (Å²) in [6.45, 7) is 1.92. The van der Waals surface area contributed by atoms with Crippen LogP contribution in [-0.2, 0) is 14.3 Å². The molecule has 0 unspecified atom stereocenters. The molecule has 10 heteroatoms. The molecule has 0 bridgehead atoms. The minimum Gasteiger partial charge on any atom is -0.462 e. The van der Waals surface area contributed by atoms with E-state index in [-0.39, 0.29) is 34.5 Å². The van der Waals surface area contributed by atoms with Gasteiger partial charge in [-0.2, -0.15) is 0 Å². The molecule has 1 heterocycles. The minimum absolute atomic E-state index is 0.105. The Morgan fingerprint density at radius 2 is 1.33 bits per heavy atom. The number of carbonyl (C=O) groups is 4. The molecule has 210 valence electrons. The molecule has 4 aromatic carbocycles. The molecule has 0 radical (unpaired) electrons. The molecule has 2 N–H and O–H groups in total. The van der Waals surface area contributed by atoms with Crippen LogP contribution < -0.4 is 20.3 Å². The van der Waals surface area contributed by atoms with Gasteiger partial charge in [0.25, 0.3) is 17.7 Å². The summed E-state index contributed by atoms with van der Waals surface area (Å²) in [5.74, 6) is -0.860. The zero-order valence-electron chi connectivity index (χ0n) is 22.3. The van der Waals surface area contributed by atoms with Gasteiger partial charge in [0.15, 0.2) is 0 Å². The number of benzene rings is 4. The van der Waals surface area contributed by atoms with E-state index < -0.39 is 17.8 Å². The van der Waals surface area contributed by atoms with Crippen molar-refractivity contribution in [2.75, 3.05) is 22.1 Å². The normalized spacial score (nSPS) is 12.8. The summed E-state index contributed by atoms with van der Waals surface area (Å²) < 4.78 is 10.7. The third-order valence-electron chi connectivity index (χ3n) is 6.17. The molecule has 9 nitrogen and oxygen atoms in total. The Bertz CT molecular complexity index is 1670. The molecule has 0 saturated heterocycles. The quantitative estimate of drug-likeness (QED) is 0.175. The lowest BCUT2D eigenvalue weighted by atomic mass is 10.2. The number of nitrogens with one attached hydrogen (secondary N) is 2. The maximum Gasteiger partial charge on any atom is 0.338 e. The van der Waals surface area contributed by atoms with E-state index in [0.29, 0.717) is 28.4 Å². The molecule has 4 aromatic rings. The Kier molecular flexibility index (Phi) is 8.31. The second-order valence-corrected chi connectivity index (χ2v) is 9.38. The summed E-state index contributed by atoms with van der Waals surface area (Å²) in [6.07, 6.45) is 0. The predicted molar refractivity (Wildman–Crippen MR) is 159 cm³/mol. The Morgan fingerprint density at radius 3 is 1.98 bits per heavy atom. The minimum atomic E-state index is -0.704. The van der Waals surface area contributed by atoms with Crippen LogP contribution in [0.2, 0.25) is 0 Å². The Hall–Kier alpha value is -5.41. The van der Waals surface area contributed by atoms with Crippen molar-refractivity contribution in [2.24, 2.45) is 0 Å². The number of carbonyl (C=O) groups excluding carboxylic acids is 4. The van der Waals surface area contributed by atoms with Crippen LogP contribution in [0.15, 0.2) is 114 Å². The highest BCUT2D eigenvalue weighted by Gasteiger charge is 2.39. The maximum absolute atomic E-state index is 13.1. The molecule has 1 aliphatic heterocycles. The number of amides is 3. The van der Waals surface area contributed by atoms with E-state index in [0.717, 1.165) is 4.90 Å². The second-order valence-electron chi connectivity index (χ2n) is 9.00. The smallest absolute Gasteiger partial charge is 0.338 e. The molecule has 0 fully saturated rings. The highest BCUT2D eigenvalue weighted by molar-refractivity contribution is 6.53. The number of ether oxygens (including phenoxy) is 2. The van der Waals surface area contributed by atoms with Crippen LogP contribution in [0.1, 0.15) is 27.6 Å². The van der Waals surface area contributed by atoms with Gasteiger partial charge in [0.1, 0.15) is 22.2 Å². The van der Waals surface area contributed by atoms with Gasteiger partial charge in [0.2, 0.25) is 0 Å². The summed E-state index contributed by atoms with van der Waals surface area (Å²) >= 11 is 6.23. The number of esters is 1. The highest BCUT2D eigenvalue weighted by Crippen LogP contribution is 2.30. The fourth-order valence-electron chi connectivity index (χ4n) is 4.09. The van der Waals surface area contributed by atoms with Gasteiger partial charge in [-0.15, -0.1) is 0 Å². The molecular formula is C32H24ClN3O6. The largest absolute Gasteiger partial charge is 0.462 e. The van der Waals surface area contributed by atoms with Crippen LogP contribution in [0.3, 0.4) is 0 Å². The van der Waals surface area contributed by atoms with E-state index in [1.807, 2.05) is 30.3 Å². The molecule has 0 atom stereocenters. The second kappa shape index (κ2) is 12.4. The van der Waals surface area contributed by atoms with Crippen molar-refractivity contribution < 1.29 is 28.7 Å². The predicted octanol–water partition coefficient (Wildman–Crippen LogP) is 6.34. The van der Waals surface area contributed by atoms with Crippen LogP contribution in [-0.4, -0.2) is 30.3 Å². The molecular weight excluding hydrogens is 558 g/mol. The molecule has 0 saturated carbocycles. The van der Waals surface area contributed by atoms with Crippen LogP contribution in [0, 0.1) is 0 Å². The van der Waals surface area contributed by atoms with Gasteiger partial charge in [0, 0.05) is 16.9 Å². The van der Waals surface area contributed by atoms with Crippen molar-refractivity contribution in [1.82, 2.24) is 0 Å². The van der Waals surface area contributed by atoms with E-state index in [1.165, 1.54) is 24.3 Å². The SMILES string of the molecule is CCOC(=O)c1ccc(N2C(=O)C(Cl)=C(Nc3ccc(C(=O)Nc4ccc(Oc5ccccc5)cc4)cc3)C2=O)cc1. The van der Waals surface area contributed by atoms with Gasteiger partial charge in [0.05, 0.1) is 17.9 Å². The van der Waals surface area contributed by atoms with Crippen molar-refractivity contribution in [2.45, 2.75) is 6.92 Å². The lowest BCUT2D eigenvalue weighted by Gasteiger charge is -2.15. The maximum atomic E-state index is 13.1. The van der Waals surface area contributed by atoms with Crippen molar-refractivity contribution in [3.05, 3.63) is 125 Å². The number of rotatable bonds is 9. The molecule has 0 spiro atoms. The Labute approximate surface area is 246 Å². The summed E-state index contributed by atoms with van der Waals surface area (Å²) in [7, 11) is 0. The van der Waals surface area contributed by atoms with Gasteiger partial charge >= 0.3 is 5.97 Å². The number of anilines is 3. The first-order chi connectivity index (χ1) is 20.3. The summed E-state index contributed by atoms with van der Waals surface area (Å²) in [6, 6.07) is 28.5. The Balaban J connectivity index is 1.21. The first-order valence-electron chi connectivity index (χ1n) is 12.9. The van der Waals surface area contributed by atoms with Crippen molar-refractivity contribution >= 4 is 52.4 Å². The average Bonchev–Trinajstić information content (AvgIpc) is 3.22. The van der Waals surface area contributed by atoms with Crippen molar-refractivity contribution in [3.8, 4) is 11.5 Å². The number of hydrogen-bond acceptors (Lipinski definition) is 7. The first kappa shape index (κ1) is 28.1. The number of halogens is 1. The van der Waals surface area contributed by atoms with E-state index in [2.05, 4.69) is 10.6 Å². The number of nitrogens with zero attached hydrogens (tertiary/aromatic N) is 1. The zero-order valence-corrected chi connectivity index (χ0v) is 23.1. The summed E-state index contributed by atoms with van der Waals surface area (Å²) in [5.41, 5.74) is 1.84. The lowest BCUT2D eigenvalue weighted by molar-refractivity contribution is -0.120. The van der Waals surface area contributed by atoms with E-state index >= 15 is 0 Å².